The summed E-state index contributed by atoms with van der Waals surface area (Å²) in [7, 11) is 1.52. The molecule has 0 bridgehead atoms. The molecule has 4 rings (SSSR count). The zero-order chi connectivity index (χ0) is 23.6. The van der Waals surface area contributed by atoms with Gasteiger partial charge < -0.3 is 20.7 Å². The molecule has 0 radical (unpaired) electrons. The zero-order valence-corrected chi connectivity index (χ0v) is 18.8. The molecule has 1 unspecified atom stereocenters. The number of piperidine rings is 1. The molecule has 2 aliphatic rings. The molecule has 0 aromatic heterocycles. The summed E-state index contributed by atoms with van der Waals surface area (Å²) in [6.07, 6.45) is 0.350. The Bertz CT molecular complexity index is 1030. The molecule has 3 atom stereocenters. The van der Waals surface area contributed by atoms with Crippen LogP contribution in [0.15, 0.2) is 42.5 Å². The van der Waals surface area contributed by atoms with Crippen LogP contribution >= 0.6 is 0 Å². The second kappa shape index (κ2) is 9.47. The molecule has 176 valence electrons. The molecule has 3 N–H and O–H groups in total. The maximum atomic E-state index is 14.1. The minimum atomic E-state index is -2.78. The topological polar surface area (TPSA) is 79.5 Å². The van der Waals surface area contributed by atoms with Gasteiger partial charge in [-0.25, -0.2) is 8.78 Å². The molecule has 0 spiro atoms. The molecule has 6 nitrogen and oxygen atoms in total. The number of benzene rings is 2. The first-order valence-electron chi connectivity index (χ1n) is 11.3. The zero-order valence-electron chi connectivity index (χ0n) is 18.8. The lowest BCUT2D eigenvalue weighted by Crippen LogP contribution is -2.47. The van der Waals surface area contributed by atoms with Crippen LogP contribution in [0.5, 0.6) is 5.75 Å². The highest BCUT2D eigenvalue weighted by Crippen LogP contribution is 2.45. The molecule has 0 aliphatic carbocycles. The summed E-state index contributed by atoms with van der Waals surface area (Å²) in [5.41, 5.74) is 2.39. The van der Waals surface area contributed by atoms with Gasteiger partial charge in [0.25, 0.3) is 17.7 Å². The maximum absolute atomic E-state index is 14.1. The Kier molecular flexibility index (Phi) is 6.65. The first kappa shape index (κ1) is 23.2. The molecule has 2 aromatic rings. The number of hydrogen-bond acceptors (Lipinski definition) is 4. The number of halogens is 2. The minimum absolute atomic E-state index is 0.134. The second-order valence-electron chi connectivity index (χ2n) is 8.70. The van der Waals surface area contributed by atoms with Crippen molar-refractivity contribution < 1.29 is 23.1 Å². The lowest BCUT2D eigenvalue weighted by Gasteiger charge is -2.31. The first-order valence-corrected chi connectivity index (χ1v) is 11.3. The van der Waals surface area contributed by atoms with Crippen molar-refractivity contribution in [2.75, 3.05) is 26.7 Å². The molecular weight excluding hydrogens is 428 g/mol. The number of carbonyl (C=O) groups is 2. The van der Waals surface area contributed by atoms with Crippen molar-refractivity contribution in [3.63, 3.8) is 0 Å². The van der Waals surface area contributed by atoms with Crippen molar-refractivity contribution in [3.8, 4) is 5.75 Å². The molecule has 2 heterocycles. The Labute approximate surface area is 192 Å². The van der Waals surface area contributed by atoms with Crippen molar-refractivity contribution in [2.24, 2.45) is 5.92 Å². The van der Waals surface area contributed by atoms with Crippen molar-refractivity contribution >= 4 is 11.8 Å². The van der Waals surface area contributed by atoms with E-state index < -0.39 is 17.7 Å². The van der Waals surface area contributed by atoms with Gasteiger partial charge in [0.1, 0.15) is 11.9 Å². The second-order valence-corrected chi connectivity index (χ2v) is 8.70. The van der Waals surface area contributed by atoms with E-state index in [2.05, 4.69) is 16.0 Å². The van der Waals surface area contributed by atoms with Gasteiger partial charge >= 0.3 is 0 Å². The number of hydrogen-bond donors (Lipinski definition) is 3. The van der Waals surface area contributed by atoms with Crippen LogP contribution in [0, 0.1) is 5.92 Å². The molecule has 2 aromatic carbocycles. The molecule has 1 saturated heterocycles. The van der Waals surface area contributed by atoms with Gasteiger partial charge in [-0.2, -0.15) is 0 Å². The van der Waals surface area contributed by atoms with Crippen LogP contribution in [0.1, 0.15) is 57.5 Å². The van der Waals surface area contributed by atoms with Crippen molar-refractivity contribution in [1.29, 1.82) is 0 Å². The number of alkyl halides is 2. The lowest BCUT2D eigenvalue weighted by molar-refractivity contribution is -0.0754. The van der Waals surface area contributed by atoms with Gasteiger partial charge in [0, 0.05) is 36.6 Å². The van der Waals surface area contributed by atoms with Gasteiger partial charge in [0.2, 0.25) is 0 Å². The fraction of sp³-hybridized carbons (Fsp3) is 0.440. The number of nitrogens with one attached hydrogen (secondary N) is 3. The average Bonchev–Trinajstić information content (AvgIpc) is 3.14. The van der Waals surface area contributed by atoms with E-state index in [0.717, 1.165) is 11.1 Å². The molecule has 2 aliphatic heterocycles. The Morgan fingerprint density at radius 1 is 1.18 bits per heavy atom. The predicted octanol–water partition coefficient (Wildman–Crippen LogP) is 3.32. The highest BCUT2D eigenvalue weighted by molar-refractivity contribution is 6.02. The van der Waals surface area contributed by atoms with E-state index in [9.17, 15) is 18.4 Å². The third-order valence-corrected chi connectivity index (χ3v) is 6.52. The summed E-state index contributed by atoms with van der Waals surface area (Å²) < 4.78 is 34.2. The van der Waals surface area contributed by atoms with Gasteiger partial charge in [-0.05, 0) is 44.0 Å². The van der Waals surface area contributed by atoms with Gasteiger partial charge in [0.15, 0.2) is 0 Å². The van der Waals surface area contributed by atoms with E-state index in [1.807, 2.05) is 37.3 Å². The van der Waals surface area contributed by atoms with Crippen LogP contribution in [0.4, 0.5) is 8.78 Å². The van der Waals surface area contributed by atoms with E-state index in [4.69, 9.17) is 4.74 Å². The van der Waals surface area contributed by atoms with Crippen LogP contribution in [0.2, 0.25) is 0 Å². The van der Waals surface area contributed by atoms with E-state index in [-0.39, 0.29) is 43.0 Å². The summed E-state index contributed by atoms with van der Waals surface area (Å²) in [6, 6.07) is 13.0. The fourth-order valence-electron chi connectivity index (χ4n) is 4.77. The predicted molar refractivity (Wildman–Crippen MR) is 121 cm³/mol. The minimum Gasteiger partial charge on any atom is -0.489 e. The van der Waals surface area contributed by atoms with Crippen LogP contribution < -0.4 is 20.7 Å². The van der Waals surface area contributed by atoms with Crippen LogP contribution in [0.25, 0.3) is 0 Å². The van der Waals surface area contributed by atoms with E-state index in [0.29, 0.717) is 24.3 Å². The summed E-state index contributed by atoms with van der Waals surface area (Å²) in [4.78, 5) is 25.5. The maximum Gasteiger partial charge on any atom is 0.263 e. The van der Waals surface area contributed by atoms with Gasteiger partial charge in [-0.1, -0.05) is 30.3 Å². The number of ether oxygens (including phenoxy) is 1. The van der Waals surface area contributed by atoms with Crippen molar-refractivity contribution in [2.45, 2.75) is 37.7 Å². The van der Waals surface area contributed by atoms with E-state index >= 15 is 0 Å². The number of rotatable bonds is 6. The van der Waals surface area contributed by atoms with E-state index in [1.165, 1.54) is 13.1 Å². The van der Waals surface area contributed by atoms with Crippen molar-refractivity contribution in [1.82, 2.24) is 16.0 Å². The average molecular weight is 458 g/mol. The van der Waals surface area contributed by atoms with Crippen LogP contribution in [-0.2, 0) is 0 Å². The van der Waals surface area contributed by atoms with Crippen LogP contribution in [0.3, 0.4) is 0 Å². The number of carbonyl (C=O) groups excluding carboxylic acids is 2. The number of amides is 2. The Hall–Kier alpha value is -3.00. The van der Waals surface area contributed by atoms with Gasteiger partial charge in [-0.15, -0.1) is 0 Å². The van der Waals surface area contributed by atoms with Crippen molar-refractivity contribution in [3.05, 3.63) is 64.7 Å². The summed E-state index contributed by atoms with van der Waals surface area (Å²) >= 11 is 0. The normalized spacial score (nSPS) is 23.3. The fourth-order valence-corrected chi connectivity index (χ4v) is 4.77. The standard InChI is InChI=1S/C25H29F2N3O3/c1-15-21(16-6-4-3-5-7-16)19-12-17(13-20(22(19)33-15)24(32)28-2)23(31)30-11-9-18-8-10-29-14-25(18,26)27/h3-7,12-13,15,18,21,29H,8-11,14H2,1-2H3,(H,28,32)(H,30,31)/t15-,18?,21+/m1/s1. The monoisotopic (exact) mass is 457 g/mol. The third-order valence-electron chi connectivity index (χ3n) is 6.52. The largest absolute Gasteiger partial charge is 0.489 e. The molecule has 0 saturated carbocycles. The lowest BCUT2D eigenvalue weighted by atomic mass is 9.87. The molecule has 33 heavy (non-hydrogen) atoms. The first-order chi connectivity index (χ1) is 15.8. The SMILES string of the molecule is CNC(=O)c1cc(C(=O)NCCC2CCNCC2(F)F)cc2c1O[C@H](C)[C@H]2c1ccccc1. The van der Waals surface area contributed by atoms with Gasteiger partial charge in [0.05, 0.1) is 12.1 Å². The van der Waals surface area contributed by atoms with Crippen LogP contribution in [-0.4, -0.2) is 50.5 Å². The smallest absolute Gasteiger partial charge is 0.263 e. The number of fused-ring (bicyclic) bond motifs is 1. The Morgan fingerprint density at radius 2 is 1.94 bits per heavy atom. The molecular formula is C25H29F2N3O3. The summed E-state index contributed by atoms with van der Waals surface area (Å²) in [5, 5.41) is 8.07. The molecule has 8 heteroatoms. The Balaban J connectivity index is 1.58. The highest BCUT2D eigenvalue weighted by atomic mass is 19.3. The highest BCUT2D eigenvalue weighted by Gasteiger charge is 2.41. The summed E-state index contributed by atoms with van der Waals surface area (Å²) in [6.45, 7) is 2.29. The Morgan fingerprint density at radius 3 is 2.64 bits per heavy atom. The molecule has 1 fully saturated rings. The molecule has 2 amide bonds. The quantitative estimate of drug-likeness (QED) is 0.622. The third kappa shape index (κ3) is 4.71. The van der Waals surface area contributed by atoms with Gasteiger partial charge in [-0.3, -0.25) is 9.59 Å². The van der Waals surface area contributed by atoms with E-state index in [1.54, 1.807) is 6.07 Å². The summed E-state index contributed by atoms with van der Waals surface area (Å²) in [5.74, 6) is -3.95.